The van der Waals surface area contributed by atoms with Crippen molar-refractivity contribution in [2.45, 2.75) is 36.9 Å². The second kappa shape index (κ2) is 8.97. The molecule has 4 aromatic rings. The minimum absolute atomic E-state index is 0.129. The van der Waals surface area contributed by atoms with Crippen molar-refractivity contribution in [3.63, 3.8) is 0 Å². The lowest BCUT2D eigenvalue weighted by molar-refractivity contribution is -0.145. The van der Waals surface area contributed by atoms with Crippen molar-refractivity contribution in [2.75, 3.05) is 5.75 Å². The molecule has 160 valence electrons. The summed E-state index contributed by atoms with van der Waals surface area (Å²) >= 11 is 4.79. The standard InChI is InChI=1S/C25H20BrN3O2S/c1-16(17-7-3-2-4-8-17)31-23(30)15-32-25-28-27-24(26)29(25)22-14-13-19(18-11-12-18)20-9-5-6-10-21(20)22/h2-10,16,18H,11-12,15H2,1H3/t16-/m1/s1. The highest BCUT2D eigenvalue weighted by molar-refractivity contribution is 9.10. The van der Waals surface area contributed by atoms with Gasteiger partial charge in [-0.3, -0.25) is 9.36 Å². The van der Waals surface area contributed by atoms with Gasteiger partial charge in [0.25, 0.3) is 0 Å². The Kier molecular flexibility index (Phi) is 5.90. The average Bonchev–Trinajstić information content (AvgIpc) is 3.60. The van der Waals surface area contributed by atoms with Crippen molar-refractivity contribution in [1.29, 1.82) is 0 Å². The van der Waals surface area contributed by atoms with Gasteiger partial charge < -0.3 is 4.74 Å². The maximum Gasteiger partial charge on any atom is 0.316 e. The first kappa shape index (κ1) is 21.0. The van der Waals surface area contributed by atoms with E-state index in [9.17, 15) is 4.79 Å². The highest BCUT2D eigenvalue weighted by Gasteiger charge is 2.26. The van der Waals surface area contributed by atoms with E-state index in [2.05, 4.69) is 50.4 Å². The van der Waals surface area contributed by atoms with Crippen LogP contribution in [0.25, 0.3) is 16.5 Å². The molecule has 3 aromatic carbocycles. The van der Waals surface area contributed by atoms with Gasteiger partial charge in [-0.15, -0.1) is 10.2 Å². The molecular formula is C25H20BrN3O2S. The Labute approximate surface area is 199 Å². The summed E-state index contributed by atoms with van der Waals surface area (Å²) in [5, 5.41) is 11.3. The van der Waals surface area contributed by atoms with Crippen LogP contribution in [0.3, 0.4) is 0 Å². The molecule has 0 amide bonds. The van der Waals surface area contributed by atoms with E-state index >= 15 is 0 Å². The van der Waals surface area contributed by atoms with Gasteiger partial charge in [0.2, 0.25) is 4.73 Å². The van der Waals surface area contributed by atoms with Crippen LogP contribution in [0.15, 0.2) is 64.5 Å². The molecule has 1 atom stereocenters. The predicted molar refractivity (Wildman–Crippen MR) is 128 cm³/mol. The van der Waals surface area contributed by atoms with Gasteiger partial charge in [-0.05, 0) is 58.6 Å². The van der Waals surface area contributed by atoms with Crippen molar-refractivity contribution in [2.24, 2.45) is 0 Å². The third-order valence-corrected chi connectivity index (χ3v) is 6.90. The number of ether oxygens (including phenoxy) is 1. The second-order valence-corrected chi connectivity index (χ2v) is 9.40. The monoisotopic (exact) mass is 505 g/mol. The fraction of sp³-hybridized carbons (Fsp3) is 0.240. The number of benzene rings is 2. The van der Waals surface area contributed by atoms with Gasteiger partial charge in [0.1, 0.15) is 11.8 Å². The number of esters is 1. The number of carbonyl (C=O) groups is 1. The van der Waals surface area contributed by atoms with Crippen LogP contribution in [0.1, 0.15) is 42.9 Å². The summed E-state index contributed by atoms with van der Waals surface area (Å²) in [7, 11) is 0. The number of rotatable bonds is 7. The van der Waals surface area contributed by atoms with Crippen molar-refractivity contribution < 1.29 is 9.53 Å². The van der Waals surface area contributed by atoms with Crippen molar-refractivity contribution >= 4 is 44.4 Å². The molecule has 5 nitrogen and oxygen atoms in total. The summed E-state index contributed by atoms with van der Waals surface area (Å²) in [5.41, 5.74) is 3.00. The molecule has 1 heterocycles. The van der Waals surface area contributed by atoms with Gasteiger partial charge in [-0.1, -0.05) is 72.4 Å². The fourth-order valence-corrected chi connectivity index (χ4v) is 5.00. The molecule has 1 saturated carbocycles. The van der Waals surface area contributed by atoms with E-state index in [0.29, 0.717) is 15.8 Å². The molecule has 0 radical (unpaired) electrons. The molecule has 1 aromatic heterocycles. The molecule has 0 N–H and O–H groups in total. The first-order valence-electron chi connectivity index (χ1n) is 10.5. The quantitative estimate of drug-likeness (QED) is 0.225. The number of thioether (sulfide) groups is 1. The number of halogens is 1. The summed E-state index contributed by atoms with van der Waals surface area (Å²) in [6.07, 6.45) is 2.10. The molecule has 1 fully saturated rings. The largest absolute Gasteiger partial charge is 0.457 e. The van der Waals surface area contributed by atoms with Crippen LogP contribution in [0.4, 0.5) is 0 Å². The molecule has 0 unspecified atom stereocenters. The molecular weight excluding hydrogens is 486 g/mol. The van der Waals surface area contributed by atoms with Gasteiger partial charge >= 0.3 is 5.97 Å². The van der Waals surface area contributed by atoms with E-state index in [1.165, 1.54) is 35.6 Å². The molecule has 0 aliphatic heterocycles. The molecule has 7 heteroatoms. The topological polar surface area (TPSA) is 57.0 Å². The number of hydrogen-bond donors (Lipinski definition) is 0. The molecule has 1 aliphatic rings. The van der Waals surface area contributed by atoms with Crippen LogP contribution in [-0.4, -0.2) is 26.5 Å². The third kappa shape index (κ3) is 4.25. The van der Waals surface area contributed by atoms with Crippen molar-refractivity contribution in [3.8, 4) is 5.69 Å². The summed E-state index contributed by atoms with van der Waals surface area (Å²) in [4.78, 5) is 12.5. The summed E-state index contributed by atoms with van der Waals surface area (Å²) in [6.45, 7) is 1.87. The minimum atomic E-state index is -0.309. The number of nitrogens with zero attached hydrogens (tertiary/aromatic N) is 3. The predicted octanol–water partition coefficient (Wildman–Crippen LogP) is 6.06. The van der Waals surface area contributed by atoms with Gasteiger partial charge in [-0.25, -0.2) is 0 Å². The third-order valence-electron chi connectivity index (χ3n) is 5.49. The van der Waals surface area contributed by atoms with E-state index < -0.39 is 0 Å². The van der Waals surface area contributed by atoms with E-state index in [1.54, 1.807) is 0 Å². The molecule has 0 bridgehead atoms. The Morgan fingerprint density at radius 2 is 1.84 bits per heavy atom. The van der Waals surface area contributed by atoms with Crippen LogP contribution < -0.4 is 0 Å². The highest BCUT2D eigenvalue weighted by atomic mass is 79.9. The Morgan fingerprint density at radius 3 is 2.59 bits per heavy atom. The van der Waals surface area contributed by atoms with Crippen LogP contribution in [-0.2, 0) is 9.53 Å². The number of carbonyl (C=O) groups excluding carboxylic acids is 1. The number of hydrogen-bond acceptors (Lipinski definition) is 5. The smallest absolute Gasteiger partial charge is 0.316 e. The lowest BCUT2D eigenvalue weighted by atomic mass is 10.0. The van der Waals surface area contributed by atoms with E-state index in [4.69, 9.17) is 4.74 Å². The number of fused-ring (bicyclic) bond motifs is 1. The Balaban J connectivity index is 1.38. The van der Waals surface area contributed by atoms with Gasteiger partial charge in [0, 0.05) is 10.9 Å². The van der Waals surface area contributed by atoms with E-state index in [0.717, 1.165) is 16.6 Å². The number of aromatic nitrogens is 3. The zero-order valence-corrected chi connectivity index (χ0v) is 19.8. The normalized spacial score (nSPS) is 14.2. The van der Waals surface area contributed by atoms with Gasteiger partial charge in [0.05, 0.1) is 5.75 Å². The van der Waals surface area contributed by atoms with Gasteiger partial charge in [0.15, 0.2) is 5.16 Å². The maximum absolute atomic E-state index is 12.5. The summed E-state index contributed by atoms with van der Waals surface area (Å²) in [5.74, 6) is 0.399. The average molecular weight is 506 g/mol. The zero-order chi connectivity index (χ0) is 22.1. The molecule has 5 rings (SSSR count). The summed E-state index contributed by atoms with van der Waals surface area (Å²) in [6, 6.07) is 24.7. The Hall–Kier alpha value is -2.82. The van der Waals surface area contributed by atoms with Crippen LogP contribution in [0, 0.1) is 12.1 Å². The SMILES string of the molecule is C[C@@H](OC(=O)CSc1nnc(Br)n1-c1c#cc(C2CC2)c2ccccc12)c1ccccc1. The fourth-order valence-electron chi connectivity index (χ4n) is 3.74. The van der Waals surface area contributed by atoms with Crippen LogP contribution in [0.2, 0.25) is 0 Å². The Morgan fingerprint density at radius 1 is 1.12 bits per heavy atom. The van der Waals surface area contributed by atoms with E-state index in [-0.39, 0.29) is 17.8 Å². The van der Waals surface area contributed by atoms with Crippen LogP contribution >= 0.6 is 27.7 Å². The minimum Gasteiger partial charge on any atom is -0.457 e. The first-order chi connectivity index (χ1) is 15.6. The lowest BCUT2D eigenvalue weighted by Gasteiger charge is -2.13. The second-order valence-electron chi connectivity index (χ2n) is 7.75. The summed E-state index contributed by atoms with van der Waals surface area (Å²) < 4.78 is 8.01. The van der Waals surface area contributed by atoms with E-state index in [1.807, 2.05) is 54.0 Å². The first-order valence-corrected chi connectivity index (χ1v) is 12.2. The molecule has 0 spiro atoms. The highest BCUT2D eigenvalue weighted by Crippen LogP contribution is 2.43. The molecule has 1 aliphatic carbocycles. The lowest BCUT2D eigenvalue weighted by Crippen LogP contribution is -2.11. The molecule has 0 saturated heterocycles. The van der Waals surface area contributed by atoms with Crippen molar-refractivity contribution in [3.05, 3.63) is 82.6 Å². The van der Waals surface area contributed by atoms with Crippen LogP contribution in [0.5, 0.6) is 0 Å². The molecule has 32 heavy (non-hydrogen) atoms. The van der Waals surface area contributed by atoms with Crippen molar-refractivity contribution in [1.82, 2.24) is 14.8 Å². The van der Waals surface area contributed by atoms with Gasteiger partial charge in [-0.2, -0.15) is 0 Å². The Bertz CT molecular complexity index is 1270. The maximum atomic E-state index is 12.5. The zero-order valence-electron chi connectivity index (χ0n) is 17.4.